The molecule has 2 aromatic carbocycles. The minimum absolute atomic E-state index is 0.0455. The first kappa shape index (κ1) is 28.7. The summed E-state index contributed by atoms with van der Waals surface area (Å²) in [7, 11) is 1.52. The largest absolute Gasteiger partial charge is 0.497 e. The average Bonchev–Trinajstić information content (AvgIpc) is 3.28. The Labute approximate surface area is 242 Å². The van der Waals surface area contributed by atoms with Crippen LogP contribution in [-0.4, -0.2) is 59.9 Å². The van der Waals surface area contributed by atoms with Crippen LogP contribution in [0.15, 0.2) is 42.5 Å². The van der Waals surface area contributed by atoms with Gasteiger partial charge in [-0.25, -0.2) is 13.9 Å². The van der Waals surface area contributed by atoms with E-state index in [1.807, 2.05) is 4.68 Å². The second-order valence-corrected chi connectivity index (χ2v) is 10.9. The molecule has 1 fully saturated rings. The first-order valence-corrected chi connectivity index (χ1v) is 14.0. The van der Waals surface area contributed by atoms with Gasteiger partial charge in [-0.3, -0.25) is 0 Å². The van der Waals surface area contributed by atoms with Crippen LogP contribution in [0, 0.1) is 9.39 Å². The molecule has 40 heavy (non-hydrogen) atoms. The number of likely N-dealkylation sites (tertiary alicyclic amines) is 1. The van der Waals surface area contributed by atoms with Crippen LogP contribution in [0.1, 0.15) is 41.3 Å². The van der Waals surface area contributed by atoms with Crippen molar-refractivity contribution in [1.29, 1.82) is 0 Å². The number of aryl methyl sites for hydroxylation is 1. The Morgan fingerprint density at radius 2 is 1.85 bits per heavy atom. The summed E-state index contributed by atoms with van der Waals surface area (Å²) in [5.74, 6) is 0.392. The van der Waals surface area contributed by atoms with Gasteiger partial charge in [-0.1, -0.05) is 12.1 Å². The van der Waals surface area contributed by atoms with E-state index >= 15 is 0 Å². The number of hydrogen-bond donors (Lipinski definition) is 0. The highest BCUT2D eigenvalue weighted by molar-refractivity contribution is 14.1. The molecular formula is C28H28F4IN3O4. The van der Waals surface area contributed by atoms with Crippen LogP contribution < -0.4 is 4.74 Å². The molecule has 0 radical (unpaired) electrons. The zero-order valence-electron chi connectivity index (χ0n) is 21.7. The number of rotatable bonds is 7. The van der Waals surface area contributed by atoms with Crippen molar-refractivity contribution in [1.82, 2.24) is 14.7 Å². The number of alkyl halides is 3. The minimum atomic E-state index is -4.77. The molecule has 2 aliphatic heterocycles. The Morgan fingerprint density at radius 1 is 1.12 bits per heavy atom. The SMILES string of the molecule is COc1ccc(COCC(OC(=O)N2CCC(c3nn4c(c3I)CCc3cc(F)ccc3-4)CC2)C(F)(F)F)cc1. The van der Waals surface area contributed by atoms with Gasteiger partial charge in [-0.05, 0) is 89.7 Å². The molecule has 12 heteroatoms. The fraction of sp³-hybridized carbons (Fsp3) is 0.429. The number of carbonyl (C=O) groups excluding carboxylic acids is 1. The summed E-state index contributed by atoms with van der Waals surface area (Å²) in [6, 6.07) is 11.4. The molecule has 0 N–H and O–H groups in total. The minimum Gasteiger partial charge on any atom is -0.497 e. The molecule has 1 amide bonds. The van der Waals surface area contributed by atoms with Crippen LogP contribution in [-0.2, 0) is 28.9 Å². The predicted molar refractivity (Wildman–Crippen MR) is 146 cm³/mol. The monoisotopic (exact) mass is 673 g/mol. The lowest BCUT2D eigenvalue weighted by molar-refractivity contribution is -0.220. The third-order valence-electron chi connectivity index (χ3n) is 7.29. The first-order valence-electron chi connectivity index (χ1n) is 12.9. The van der Waals surface area contributed by atoms with Gasteiger partial charge in [0.2, 0.25) is 6.10 Å². The summed E-state index contributed by atoms with van der Waals surface area (Å²) in [6.07, 6.45) is -5.59. The highest BCUT2D eigenvalue weighted by Crippen LogP contribution is 2.36. The van der Waals surface area contributed by atoms with E-state index in [0.29, 0.717) is 24.2 Å². The van der Waals surface area contributed by atoms with Crippen LogP contribution in [0.5, 0.6) is 5.75 Å². The highest BCUT2D eigenvalue weighted by Gasteiger charge is 2.44. The molecule has 1 atom stereocenters. The summed E-state index contributed by atoms with van der Waals surface area (Å²) < 4.78 is 72.6. The second kappa shape index (κ2) is 11.9. The van der Waals surface area contributed by atoms with Gasteiger partial charge in [0.1, 0.15) is 11.6 Å². The molecule has 0 saturated carbocycles. The zero-order chi connectivity index (χ0) is 28.4. The maximum Gasteiger partial charge on any atom is 0.427 e. The Hall–Kier alpha value is -2.87. The van der Waals surface area contributed by atoms with Gasteiger partial charge in [0.15, 0.2) is 0 Å². The fourth-order valence-electron chi connectivity index (χ4n) is 5.08. The third-order valence-corrected chi connectivity index (χ3v) is 8.46. The molecule has 0 bridgehead atoms. The quantitative estimate of drug-likeness (QED) is 0.221. The summed E-state index contributed by atoms with van der Waals surface area (Å²) in [6.45, 7) is -0.366. The predicted octanol–water partition coefficient (Wildman–Crippen LogP) is 6.19. The third kappa shape index (κ3) is 6.22. The number of aromatic nitrogens is 2. The van der Waals surface area contributed by atoms with Crippen molar-refractivity contribution in [2.45, 2.75) is 50.5 Å². The number of amides is 1. The molecule has 3 heterocycles. The maximum absolute atomic E-state index is 13.7. The van der Waals surface area contributed by atoms with Crippen molar-refractivity contribution in [3.8, 4) is 11.4 Å². The van der Waals surface area contributed by atoms with Crippen LogP contribution in [0.2, 0.25) is 0 Å². The summed E-state index contributed by atoms with van der Waals surface area (Å²) in [5, 5.41) is 4.84. The van der Waals surface area contributed by atoms with Crippen LogP contribution in [0.4, 0.5) is 22.4 Å². The van der Waals surface area contributed by atoms with Gasteiger partial charge in [-0.15, -0.1) is 0 Å². The normalized spacial score (nSPS) is 16.3. The number of halogens is 5. The van der Waals surface area contributed by atoms with E-state index in [4.69, 9.17) is 19.3 Å². The topological polar surface area (TPSA) is 65.8 Å². The molecule has 0 aliphatic carbocycles. The van der Waals surface area contributed by atoms with Crippen LogP contribution in [0.25, 0.3) is 5.69 Å². The van der Waals surface area contributed by atoms with Gasteiger partial charge >= 0.3 is 12.3 Å². The Balaban J connectivity index is 1.17. The summed E-state index contributed by atoms with van der Waals surface area (Å²) in [4.78, 5) is 14.0. The summed E-state index contributed by atoms with van der Waals surface area (Å²) >= 11 is 2.28. The van der Waals surface area contributed by atoms with Crippen molar-refractivity contribution >= 4 is 28.7 Å². The van der Waals surface area contributed by atoms with Gasteiger partial charge in [0.25, 0.3) is 0 Å². The molecule has 1 saturated heterocycles. The van der Waals surface area contributed by atoms with Crippen molar-refractivity contribution in [2.24, 2.45) is 0 Å². The van der Waals surface area contributed by atoms with Crippen LogP contribution in [0.3, 0.4) is 0 Å². The van der Waals surface area contributed by atoms with E-state index in [0.717, 1.165) is 39.1 Å². The summed E-state index contributed by atoms with van der Waals surface area (Å²) in [5.41, 5.74) is 4.41. The zero-order valence-corrected chi connectivity index (χ0v) is 23.9. The van der Waals surface area contributed by atoms with Gasteiger partial charge < -0.3 is 19.1 Å². The number of ether oxygens (including phenoxy) is 3. The second-order valence-electron chi connectivity index (χ2n) is 9.87. The van der Waals surface area contributed by atoms with E-state index in [1.54, 1.807) is 30.3 Å². The van der Waals surface area contributed by atoms with E-state index < -0.39 is 25.0 Å². The lowest BCUT2D eigenvalue weighted by Gasteiger charge is -2.32. The standard InChI is InChI=1S/C28H28F4IN3O4/c1-38-21-6-2-17(3-7-21)15-39-16-24(28(30,31)32)40-27(37)35-12-10-18(11-13-35)26-25(33)23-8-4-19-14-20(29)5-9-22(19)36(23)34-26/h2-3,5-7,9,14,18,24H,4,8,10-13,15-16H2,1H3. The van der Waals surface area contributed by atoms with Gasteiger partial charge in [0.05, 0.1) is 41.0 Å². The average molecular weight is 673 g/mol. The maximum atomic E-state index is 13.7. The number of nitrogens with zero attached hydrogens (tertiary/aromatic N) is 3. The molecule has 0 spiro atoms. The lowest BCUT2D eigenvalue weighted by atomic mass is 9.93. The molecule has 214 valence electrons. The number of methoxy groups -OCH3 is 1. The molecule has 1 aromatic heterocycles. The number of hydrogen-bond acceptors (Lipinski definition) is 5. The first-order chi connectivity index (χ1) is 19.1. The van der Waals surface area contributed by atoms with E-state index in [9.17, 15) is 22.4 Å². The van der Waals surface area contributed by atoms with Gasteiger partial charge in [0, 0.05) is 19.0 Å². The van der Waals surface area contributed by atoms with Crippen molar-refractivity contribution < 1.29 is 36.6 Å². The molecule has 5 rings (SSSR count). The van der Waals surface area contributed by atoms with E-state index in [2.05, 4.69) is 22.6 Å². The smallest absolute Gasteiger partial charge is 0.427 e. The van der Waals surface area contributed by atoms with Crippen molar-refractivity contribution in [3.05, 3.63) is 74.4 Å². The lowest BCUT2D eigenvalue weighted by Crippen LogP contribution is -2.44. The number of piperidine rings is 1. The Bertz CT molecular complexity index is 1350. The van der Waals surface area contributed by atoms with E-state index in [-0.39, 0.29) is 31.4 Å². The van der Waals surface area contributed by atoms with Crippen LogP contribution >= 0.6 is 22.6 Å². The Kier molecular flexibility index (Phi) is 8.55. The fourth-order valence-corrected chi connectivity index (χ4v) is 6.12. The molecule has 3 aromatic rings. The highest BCUT2D eigenvalue weighted by atomic mass is 127. The number of carbonyl (C=O) groups is 1. The molecule has 2 aliphatic rings. The number of fused-ring (bicyclic) bond motifs is 3. The van der Waals surface area contributed by atoms with Gasteiger partial charge in [-0.2, -0.15) is 18.3 Å². The molecule has 7 nitrogen and oxygen atoms in total. The van der Waals surface area contributed by atoms with Crippen molar-refractivity contribution in [3.63, 3.8) is 0 Å². The van der Waals surface area contributed by atoms with Crippen molar-refractivity contribution in [2.75, 3.05) is 26.8 Å². The molecule has 1 unspecified atom stereocenters. The molecular weight excluding hydrogens is 645 g/mol. The Morgan fingerprint density at radius 3 is 2.52 bits per heavy atom. The van der Waals surface area contributed by atoms with E-state index in [1.165, 1.54) is 24.1 Å². The number of benzene rings is 2.